The maximum absolute atomic E-state index is 12.3. The van der Waals surface area contributed by atoms with Crippen molar-refractivity contribution in [3.8, 4) is 0 Å². The second kappa shape index (κ2) is 15.8. The zero-order chi connectivity index (χ0) is 25.6. The Balaban J connectivity index is 2.45. The van der Waals surface area contributed by atoms with Gasteiger partial charge in [-0.1, -0.05) is 42.1 Å². The van der Waals surface area contributed by atoms with Crippen molar-refractivity contribution in [3.63, 3.8) is 0 Å². The van der Waals surface area contributed by atoms with Crippen LogP contribution in [0.15, 0.2) is 18.2 Å². The van der Waals surface area contributed by atoms with Gasteiger partial charge in [0, 0.05) is 29.6 Å². The average Bonchev–Trinajstić information content (AvgIpc) is 2.75. The van der Waals surface area contributed by atoms with Crippen LogP contribution in [0.5, 0.6) is 0 Å². The fourth-order valence-electron chi connectivity index (χ4n) is 2.59. The number of hydrogen-bond donors (Lipinski definition) is 1. The summed E-state index contributed by atoms with van der Waals surface area (Å²) < 4.78 is 18.3. The smallest absolute Gasteiger partial charge is 0.353 e. The topological polar surface area (TPSA) is 125 Å². The molecule has 0 aliphatic heterocycles. The lowest BCUT2D eigenvalue weighted by atomic mass is 10.1. The van der Waals surface area contributed by atoms with Crippen LogP contribution >= 0.6 is 35.0 Å². The number of hydrogen-bond acceptors (Lipinski definition) is 10. The summed E-state index contributed by atoms with van der Waals surface area (Å²) in [4.78, 5) is 46.2. The Labute approximate surface area is 212 Å². The molecular formula is C22H28Cl2O9S. The van der Waals surface area contributed by atoms with Gasteiger partial charge in [-0.05, 0) is 42.7 Å². The third-order valence-corrected chi connectivity index (χ3v) is 6.18. The van der Waals surface area contributed by atoms with E-state index < -0.39 is 43.1 Å². The number of halogens is 2. The van der Waals surface area contributed by atoms with Crippen molar-refractivity contribution in [2.75, 3.05) is 25.1 Å². The van der Waals surface area contributed by atoms with Gasteiger partial charge in [-0.25, -0.2) is 9.59 Å². The van der Waals surface area contributed by atoms with Crippen LogP contribution in [0.1, 0.15) is 45.1 Å². The SMILES string of the molecule is CC(=O)OCOC(=O)C(O)(CSCCCCCCc1ccc(Cl)cc1Cl)C(=O)OCOC(C)=O. The number of aryl methyl sites for hydroxylation is 1. The molecule has 1 aromatic carbocycles. The molecule has 0 saturated heterocycles. The number of carbonyl (C=O) groups excluding carboxylic acids is 4. The first-order valence-corrected chi connectivity index (χ1v) is 12.3. The van der Waals surface area contributed by atoms with E-state index >= 15 is 0 Å². The summed E-state index contributed by atoms with van der Waals surface area (Å²) >= 11 is 13.2. The van der Waals surface area contributed by atoms with Crippen molar-refractivity contribution >= 4 is 58.8 Å². The van der Waals surface area contributed by atoms with E-state index in [9.17, 15) is 24.3 Å². The molecule has 0 aliphatic rings. The van der Waals surface area contributed by atoms with Gasteiger partial charge in [0.25, 0.3) is 5.60 Å². The van der Waals surface area contributed by atoms with Crippen LogP contribution in [-0.2, 0) is 44.5 Å². The fourth-order valence-corrected chi connectivity index (χ4v) is 4.18. The number of aliphatic hydroxyl groups is 1. The average molecular weight is 539 g/mol. The van der Waals surface area contributed by atoms with E-state index in [1.54, 1.807) is 12.1 Å². The quantitative estimate of drug-likeness (QED) is 0.153. The van der Waals surface area contributed by atoms with Crippen LogP contribution < -0.4 is 0 Å². The Morgan fingerprint density at radius 3 is 1.97 bits per heavy atom. The number of rotatable bonds is 15. The summed E-state index contributed by atoms with van der Waals surface area (Å²) in [6.07, 6.45) is 4.37. The van der Waals surface area contributed by atoms with Gasteiger partial charge in [0.2, 0.25) is 13.6 Å². The summed E-state index contributed by atoms with van der Waals surface area (Å²) in [5.74, 6) is -3.89. The van der Waals surface area contributed by atoms with Crippen molar-refractivity contribution in [1.82, 2.24) is 0 Å². The minimum Gasteiger partial charge on any atom is -0.428 e. The maximum atomic E-state index is 12.3. The number of benzene rings is 1. The first-order valence-electron chi connectivity index (χ1n) is 10.4. The number of carbonyl (C=O) groups is 4. The Morgan fingerprint density at radius 1 is 0.882 bits per heavy atom. The molecule has 0 radical (unpaired) electrons. The minimum atomic E-state index is -2.66. The Morgan fingerprint density at radius 2 is 1.44 bits per heavy atom. The van der Waals surface area contributed by atoms with Gasteiger partial charge in [-0.2, -0.15) is 11.8 Å². The lowest BCUT2D eigenvalue weighted by Gasteiger charge is -2.23. The molecule has 9 nitrogen and oxygen atoms in total. The summed E-state index contributed by atoms with van der Waals surface area (Å²) in [6, 6.07) is 5.42. The molecule has 12 heteroatoms. The molecule has 0 bridgehead atoms. The fraction of sp³-hybridized carbons (Fsp3) is 0.545. The number of esters is 4. The second-order valence-electron chi connectivity index (χ2n) is 7.18. The van der Waals surface area contributed by atoms with Gasteiger partial charge in [0.15, 0.2) is 0 Å². The first-order chi connectivity index (χ1) is 16.1. The molecule has 0 spiro atoms. The minimum absolute atomic E-state index is 0.356. The Hall–Kier alpha value is -2.01. The molecule has 34 heavy (non-hydrogen) atoms. The zero-order valence-electron chi connectivity index (χ0n) is 19.0. The van der Waals surface area contributed by atoms with E-state index in [4.69, 9.17) is 23.2 Å². The first kappa shape index (κ1) is 30.0. The van der Waals surface area contributed by atoms with Crippen LogP contribution in [0, 0.1) is 0 Å². The van der Waals surface area contributed by atoms with Gasteiger partial charge in [-0.3, -0.25) is 9.59 Å². The largest absolute Gasteiger partial charge is 0.428 e. The highest BCUT2D eigenvalue weighted by Crippen LogP contribution is 2.23. The molecule has 1 aromatic rings. The van der Waals surface area contributed by atoms with Gasteiger partial charge < -0.3 is 24.1 Å². The zero-order valence-corrected chi connectivity index (χ0v) is 21.3. The monoisotopic (exact) mass is 538 g/mol. The van der Waals surface area contributed by atoms with Gasteiger partial charge in [0.05, 0.1) is 0 Å². The van der Waals surface area contributed by atoms with Crippen LogP contribution in [0.2, 0.25) is 10.0 Å². The third-order valence-electron chi connectivity index (χ3n) is 4.39. The summed E-state index contributed by atoms with van der Waals surface area (Å²) in [5, 5.41) is 11.9. The van der Waals surface area contributed by atoms with E-state index in [0.717, 1.165) is 63.3 Å². The van der Waals surface area contributed by atoms with Gasteiger partial charge >= 0.3 is 23.9 Å². The third kappa shape index (κ3) is 11.4. The Bertz CT molecular complexity index is 816. The predicted molar refractivity (Wildman–Crippen MR) is 126 cm³/mol. The van der Waals surface area contributed by atoms with E-state index in [0.29, 0.717) is 15.8 Å². The molecule has 0 atom stereocenters. The highest BCUT2D eigenvalue weighted by Gasteiger charge is 2.47. The van der Waals surface area contributed by atoms with Crippen molar-refractivity contribution in [2.24, 2.45) is 0 Å². The maximum Gasteiger partial charge on any atom is 0.353 e. The molecule has 190 valence electrons. The summed E-state index contributed by atoms with van der Waals surface area (Å²) in [5.41, 5.74) is -1.62. The molecule has 0 amide bonds. The second-order valence-corrected chi connectivity index (χ2v) is 9.13. The highest BCUT2D eigenvalue weighted by molar-refractivity contribution is 7.99. The number of ether oxygens (including phenoxy) is 4. The normalized spacial score (nSPS) is 11.0. The molecule has 0 fully saturated rings. The molecule has 1 N–H and O–H groups in total. The molecule has 0 unspecified atom stereocenters. The van der Waals surface area contributed by atoms with Crippen LogP contribution in [0.25, 0.3) is 0 Å². The standard InChI is InChI=1S/C22H28Cl2O9S/c1-15(25)30-13-32-20(27)22(29,21(28)33-14-31-16(2)26)12-34-10-6-4-3-5-7-17-8-9-18(23)11-19(17)24/h8-9,11,29H,3-7,10,12-14H2,1-2H3. The summed E-state index contributed by atoms with van der Waals surface area (Å²) in [6.45, 7) is 0.673. The molecule has 0 aromatic heterocycles. The lowest BCUT2D eigenvalue weighted by Crippen LogP contribution is -2.51. The number of thioether (sulfide) groups is 1. The van der Waals surface area contributed by atoms with Crippen molar-refractivity contribution in [1.29, 1.82) is 0 Å². The van der Waals surface area contributed by atoms with Crippen LogP contribution in [0.3, 0.4) is 0 Å². The molecule has 0 aliphatic carbocycles. The van der Waals surface area contributed by atoms with E-state index in [1.807, 2.05) is 6.07 Å². The highest BCUT2D eigenvalue weighted by atomic mass is 35.5. The predicted octanol–water partition coefficient (Wildman–Crippen LogP) is 3.69. The van der Waals surface area contributed by atoms with Crippen molar-refractivity contribution in [3.05, 3.63) is 33.8 Å². The van der Waals surface area contributed by atoms with E-state index in [1.165, 1.54) is 0 Å². The lowest BCUT2D eigenvalue weighted by molar-refractivity contribution is -0.194. The molecule has 0 heterocycles. The van der Waals surface area contributed by atoms with Crippen LogP contribution in [0.4, 0.5) is 0 Å². The summed E-state index contributed by atoms with van der Waals surface area (Å²) in [7, 11) is 0. The Kier molecular flexibility index (Phi) is 14.0. The van der Waals surface area contributed by atoms with E-state index in [2.05, 4.69) is 18.9 Å². The van der Waals surface area contributed by atoms with Crippen LogP contribution in [-0.4, -0.2) is 59.7 Å². The van der Waals surface area contributed by atoms with Crippen molar-refractivity contribution in [2.45, 2.75) is 51.6 Å². The molecule has 0 saturated carbocycles. The van der Waals surface area contributed by atoms with Gasteiger partial charge in [-0.15, -0.1) is 0 Å². The molecule has 1 rings (SSSR count). The number of unbranched alkanes of at least 4 members (excludes halogenated alkanes) is 3. The van der Waals surface area contributed by atoms with Gasteiger partial charge in [0.1, 0.15) is 0 Å². The van der Waals surface area contributed by atoms with Crippen molar-refractivity contribution < 1.29 is 43.2 Å². The van der Waals surface area contributed by atoms with E-state index in [-0.39, 0.29) is 5.75 Å². The molecular weight excluding hydrogens is 511 g/mol.